The number of aliphatic imine (C=N–C) groups is 1. The van der Waals surface area contributed by atoms with Crippen LogP contribution in [0.1, 0.15) is 25.7 Å². The molecule has 2 rings (SSSR count). The zero-order valence-electron chi connectivity index (χ0n) is 14.7. The Morgan fingerprint density at radius 2 is 2.16 bits per heavy atom. The third-order valence-electron chi connectivity index (χ3n) is 3.53. The molecular formula is C18H24ClN5O. The van der Waals surface area contributed by atoms with Crippen LogP contribution in [0.4, 0.5) is 0 Å². The van der Waals surface area contributed by atoms with Crippen LogP contribution in [0.3, 0.4) is 0 Å². The lowest BCUT2D eigenvalue weighted by Gasteiger charge is -2.21. The van der Waals surface area contributed by atoms with Crippen molar-refractivity contribution in [3.8, 4) is 11.4 Å². The molecule has 2 aromatic rings. The van der Waals surface area contributed by atoms with Crippen LogP contribution in [-0.2, 0) is 6.54 Å². The average molecular weight is 362 g/mol. The summed E-state index contributed by atoms with van der Waals surface area (Å²) in [6.07, 6.45) is 3.94. The fourth-order valence-corrected chi connectivity index (χ4v) is 2.35. The summed E-state index contributed by atoms with van der Waals surface area (Å²) in [4.78, 5) is 11.0. The molecule has 0 spiro atoms. The van der Waals surface area contributed by atoms with Crippen molar-refractivity contribution in [3.63, 3.8) is 0 Å². The zero-order chi connectivity index (χ0) is 18.1. The summed E-state index contributed by atoms with van der Waals surface area (Å²) in [6, 6.07) is 7.31. The molecule has 6 nitrogen and oxygen atoms in total. The number of unbranched alkanes of at least 4 members (excludes halogenated alkanes) is 1. The summed E-state index contributed by atoms with van der Waals surface area (Å²) in [5.74, 6) is 1.82. The minimum absolute atomic E-state index is 0.328. The molecule has 0 saturated heterocycles. The van der Waals surface area contributed by atoms with Gasteiger partial charge >= 0.3 is 0 Å². The third-order valence-corrected chi connectivity index (χ3v) is 3.78. The minimum atomic E-state index is 0.328. The number of hydrogen-bond acceptors (Lipinski definition) is 4. The first-order valence-electron chi connectivity index (χ1n) is 8.33. The molecule has 0 atom stereocenters. The van der Waals surface area contributed by atoms with Gasteiger partial charge < -0.3 is 14.7 Å². The van der Waals surface area contributed by atoms with Gasteiger partial charge in [0.2, 0.25) is 11.7 Å². The van der Waals surface area contributed by atoms with Crippen molar-refractivity contribution in [1.82, 2.24) is 20.4 Å². The second kappa shape index (κ2) is 9.84. The first-order chi connectivity index (χ1) is 12.1. The Balaban J connectivity index is 2.02. The second-order valence-corrected chi connectivity index (χ2v) is 5.98. The highest BCUT2D eigenvalue weighted by molar-refractivity contribution is 6.30. The largest absolute Gasteiger partial charge is 0.357 e. The molecule has 0 amide bonds. The molecule has 0 aliphatic heterocycles. The van der Waals surface area contributed by atoms with E-state index in [-0.39, 0.29) is 0 Å². The van der Waals surface area contributed by atoms with Gasteiger partial charge in [0, 0.05) is 30.7 Å². The van der Waals surface area contributed by atoms with E-state index in [1.54, 1.807) is 12.1 Å². The van der Waals surface area contributed by atoms with Crippen LogP contribution in [0.25, 0.3) is 11.4 Å². The van der Waals surface area contributed by atoms with E-state index in [0.29, 0.717) is 23.3 Å². The van der Waals surface area contributed by atoms with E-state index in [2.05, 4.69) is 31.9 Å². The predicted octanol–water partition coefficient (Wildman–Crippen LogP) is 3.75. The fraction of sp³-hybridized carbons (Fsp3) is 0.389. The van der Waals surface area contributed by atoms with E-state index in [1.807, 2.05) is 32.2 Å². The van der Waals surface area contributed by atoms with Gasteiger partial charge in [0.25, 0.3) is 0 Å². The molecule has 0 aliphatic carbocycles. The van der Waals surface area contributed by atoms with Crippen LogP contribution in [0.2, 0.25) is 5.02 Å². The Labute approximate surface area is 153 Å². The highest BCUT2D eigenvalue weighted by Gasteiger charge is 2.10. The van der Waals surface area contributed by atoms with E-state index >= 15 is 0 Å². The van der Waals surface area contributed by atoms with Crippen LogP contribution in [0.15, 0.2) is 46.4 Å². The number of nitrogens with one attached hydrogen (secondary N) is 1. The van der Waals surface area contributed by atoms with Crippen LogP contribution in [-0.4, -0.2) is 41.1 Å². The van der Waals surface area contributed by atoms with Gasteiger partial charge in [-0.25, -0.2) is 4.99 Å². The number of aromatic nitrogens is 2. The Bertz CT molecular complexity index is 696. The smallest absolute Gasteiger partial charge is 0.248 e. The predicted molar refractivity (Wildman–Crippen MR) is 102 cm³/mol. The molecule has 1 aromatic carbocycles. The summed E-state index contributed by atoms with van der Waals surface area (Å²) >= 11 is 5.89. The molecular weight excluding hydrogens is 338 g/mol. The molecule has 7 heteroatoms. The maximum absolute atomic E-state index is 5.89. The van der Waals surface area contributed by atoms with Crippen molar-refractivity contribution in [2.75, 3.05) is 20.1 Å². The molecule has 0 fully saturated rings. The van der Waals surface area contributed by atoms with Crippen molar-refractivity contribution in [1.29, 1.82) is 0 Å². The Kier molecular flexibility index (Phi) is 7.47. The van der Waals surface area contributed by atoms with Crippen molar-refractivity contribution < 1.29 is 4.52 Å². The molecule has 0 bridgehead atoms. The molecule has 1 N–H and O–H groups in total. The molecule has 1 aromatic heterocycles. The lowest BCUT2D eigenvalue weighted by Crippen LogP contribution is -2.39. The summed E-state index contributed by atoms with van der Waals surface area (Å²) in [6.45, 7) is 7.81. The number of halogens is 1. The minimum Gasteiger partial charge on any atom is -0.357 e. The zero-order valence-corrected chi connectivity index (χ0v) is 15.5. The maximum Gasteiger partial charge on any atom is 0.248 e. The Hall–Kier alpha value is -2.34. The fourth-order valence-electron chi connectivity index (χ4n) is 2.23. The van der Waals surface area contributed by atoms with Crippen molar-refractivity contribution in [3.05, 3.63) is 47.8 Å². The van der Waals surface area contributed by atoms with Crippen molar-refractivity contribution >= 4 is 17.6 Å². The third kappa shape index (κ3) is 5.90. The van der Waals surface area contributed by atoms with Gasteiger partial charge in [0.1, 0.15) is 6.54 Å². The average Bonchev–Trinajstić information content (AvgIpc) is 3.08. The topological polar surface area (TPSA) is 66.5 Å². The summed E-state index contributed by atoms with van der Waals surface area (Å²) < 4.78 is 5.30. The van der Waals surface area contributed by atoms with Gasteiger partial charge in [-0.1, -0.05) is 22.8 Å². The SMILES string of the molecule is C=CCCCN(C)C(=NCc1nc(-c2ccc(Cl)cc2)no1)NCC. The number of guanidine groups is 1. The van der Waals surface area contributed by atoms with Crippen LogP contribution in [0.5, 0.6) is 0 Å². The standard InChI is InChI=1S/C18H24ClN5O/c1-4-6-7-12-24(3)18(20-5-2)21-13-16-22-17(23-25-16)14-8-10-15(19)11-9-14/h4,8-11H,1,5-7,12-13H2,2-3H3,(H,20,21). The van der Waals surface area contributed by atoms with E-state index in [4.69, 9.17) is 16.1 Å². The molecule has 0 aliphatic rings. The molecule has 1 heterocycles. The number of benzene rings is 1. The van der Waals surface area contributed by atoms with Gasteiger partial charge in [-0.2, -0.15) is 4.98 Å². The van der Waals surface area contributed by atoms with Gasteiger partial charge in [-0.15, -0.1) is 6.58 Å². The van der Waals surface area contributed by atoms with Crippen molar-refractivity contribution in [2.24, 2.45) is 4.99 Å². The lowest BCUT2D eigenvalue weighted by atomic mass is 10.2. The van der Waals surface area contributed by atoms with Crippen molar-refractivity contribution in [2.45, 2.75) is 26.3 Å². The van der Waals surface area contributed by atoms with Crippen LogP contribution >= 0.6 is 11.6 Å². The molecule has 0 saturated carbocycles. The van der Waals surface area contributed by atoms with Gasteiger partial charge in [-0.05, 0) is 44.0 Å². The number of hydrogen-bond donors (Lipinski definition) is 1. The van der Waals surface area contributed by atoms with E-state index in [0.717, 1.165) is 37.5 Å². The number of nitrogens with zero attached hydrogens (tertiary/aromatic N) is 4. The maximum atomic E-state index is 5.89. The first-order valence-corrected chi connectivity index (χ1v) is 8.70. The van der Waals surface area contributed by atoms with E-state index in [1.165, 1.54) is 0 Å². The van der Waals surface area contributed by atoms with Crippen LogP contribution < -0.4 is 5.32 Å². The first kappa shape index (κ1) is 19.0. The van der Waals surface area contributed by atoms with Gasteiger partial charge in [0.15, 0.2) is 5.96 Å². The summed E-state index contributed by atoms with van der Waals surface area (Å²) in [5, 5.41) is 7.94. The molecule has 25 heavy (non-hydrogen) atoms. The molecule has 0 unspecified atom stereocenters. The van der Waals surface area contributed by atoms with Gasteiger partial charge in [0.05, 0.1) is 0 Å². The van der Waals surface area contributed by atoms with E-state index < -0.39 is 0 Å². The second-order valence-electron chi connectivity index (χ2n) is 5.54. The monoisotopic (exact) mass is 361 g/mol. The Morgan fingerprint density at radius 3 is 2.84 bits per heavy atom. The normalized spacial score (nSPS) is 11.4. The van der Waals surface area contributed by atoms with Crippen LogP contribution in [0, 0.1) is 0 Å². The lowest BCUT2D eigenvalue weighted by molar-refractivity contribution is 0.379. The summed E-state index contributed by atoms with van der Waals surface area (Å²) in [7, 11) is 2.01. The Morgan fingerprint density at radius 1 is 1.40 bits per heavy atom. The highest BCUT2D eigenvalue weighted by atomic mass is 35.5. The number of allylic oxidation sites excluding steroid dienone is 1. The quantitative estimate of drug-likeness (QED) is 0.335. The molecule has 0 radical (unpaired) electrons. The highest BCUT2D eigenvalue weighted by Crippen LogP contribution is 2.18. The number of rotatable bonds is 8. The van der Waals surface area contributed by atoms with E-state index in [9.17, 15) is 0 Å². The molecule has 134 valence electrons. The van der Waals surface area contributed by atoms with Gasteiger partial charge in [-0.3, -0.25) is 0 Å². The summed E-state index contributed by atoms with van der Waals surface area (Å²) in [5.41, 5.74) is 0.858.